The molecule has 8 nitrogen and oxygen atoms in total. The van der Waals surface area contributed by atoms with Crippen molar-refractivity contribution in [3.05, 3.63) is 40.7 Å². The molecule has 1 saturated heterocycles. The maximum Gasteiger partial charge on any atom is 0.227 e. The number of nitrogens with one attached hydrogen (secondary N) is 1. The molecule has 0 bridgehead atoms. The monoisotopic (exact) mass is 457 g/mol. The summed E-state index contributed by atoms with van der Waals surface area (Å²) in [7, 11) is 1.78. The molecule has 1 aromatic heterocycles. The first-order chi connectivity index (χ1) is 15.3. The van der Waals surface area contributed by atoms with Gasteiger partial charge in [0.05, 0.1) is 6.20 Å². The minimum Gasteiger partial charge on any atom is -0.482 e. The number of Topliss-reactive ketones (excluding diaryl/α,β-unsaturated/α-hetero) is 1. The third-order valence-electron chi connectivity index (χ3n) is 5.84. The summed E-state index contributed by atoms with van der Waals surface area (Å²) < 4.78 is 5.70. The fraction of sp³-hybridized carbons (Fsp3) is 0.435. The summed E-state index contributed by atoms with van der Waals surface area (Å²) in [5.41, 5.74) is 2.47. The van der Waals surface area contributed by atoms with E-state index in [2.05, 4.69) is 20.2 Å². The van der Waals surface area contributed by atoms with Gasteiger partial charge in [0.25, 0.3) is 0 Å². The zero-order chi connectivity index (χ0) is 22.8. The predicted octanol–water partition coefficient (Wildman–Crippen LogP) is 3.97. The summed E-state index contributed by atoms with van der Waals surface area (Å²) in [6, 6.07) is 5.74. The molecular weight excluding hydrogens is 430 g/mol. The summed E-state index contributed by atoms with van der Waals surface area (Å²) in [6.07, 6.45) is 5.28. The van der Waals surface area contributed by atoms with E-state index in [-0.39, 0.29) is 5.78 Å². The predicted molar refractivity (Wildman–Crippen MR) is 126 cm³/mol. The molecule has 0 spiro atoms. The van der Waals surface area contributed by atoms with Crippen LogP contribution in [0.25, 0.3) is 6.08 Å². The number of aliphatic hydroxyl groups excluding tert-OH is 1. The number of anilines is 4. The van der Waals surface area contributed by atoms with E-state index in [4.69, 9.17) is 16.3 Å². The van der Waals surface area contributed by atoms with Gasteiger partial charge in [-0.3, -0.25) is 4.79 Å². The van der Waals surface area contributed by atoms with E-state index in [0.717, 1.165) is 42.9 Å². The van der Waals surface area contributed by atoms with Gasteiger partial charge in [-0.05, 0) is 57.4 Å². The van der Waals surface area contributed by atoms with Gasteiger partial charge in [0.2, 0.25) is 5.95 Å². The van der Waals surface area contributed by atoms with E-state index in [9.17, 15) is 9.90 Å². The van der Waals surface area contributed by atoms with E-state index < -0.39 is 12.3 Å². The van der Waals surface area contributed by atoms with Crippen LogP contribution in [0.2, 0.25) is 5.02 Å². The molecule has 0 amide bonds. The van der Waals surface area contributed by atoms with E-state index in [0.29, 0.717) is 22.5 Å². The Labute approximate surface area is 192 Å². The number of aliphatic hydroxyl groups is 1. The SMILES string of the molecule is CC(=O)C(C)OC1=Cc2cc(Nc3nc(N4CCCCC4)ncc3Cl)ccc2N(C)C1O. The molecule has 1 aromatic carbocycles. The van der Waals surface area contributed by atoms with Gasteiger partial charge in [0.15, 0.2) is 23.9 Å². The van der Waals surface area contributed by atoms with Crippen LogP contribution >= 0.6 is 11.6 Å². The number of rotatable bonds is 6. The van der Waals surface area contributed by atoms with Crippen LogP contribution < -0.4 is 15.1 Å². The van der Waals surface area contributed by atoms with Gasteiger partial charge in [-0.25, -0.2) is 4.98 Å². The normalized spacial score (nSPS) is 19.2. The van der Waals surface area contributed by atoms with Gasteiger partial charge in [0, 0.05) is 37.1 Å². The lowest BCUT2D eigenvalue weighted by Crippen LogP contribution is -2.38. The first kappa shape index (κ1) is 22.4. The van der Waals surface area contributed by atoms with Crippen LogP contribution in [0.3, 0.4) is 0 Å². The van der Waals surface area contributed by atoms with E-state index in [1.54, 1.807) is 31.1 Å². The number of aromatic nitrogens is 2. The van der Waals surface area contributed by atoms with Crippen molar-refractivity contribution in [2.75, 3.05) is 35.3 Å². The van der Waals surface area contributed by atoms with Gasteiger partial charge in [-0.1, -0.05) is 11.6 Å². The van der Waals surface area contributed by atoms with Crippen LogP contribution in [-0.4, -0.2) is 53.3 Å². The molecule has 2 aromatic rings. The van der Waals surface area contributed by atoms with Crippen LogP contribution in [0.1, 0.15) is 38.7 Å². The maximum absolute atomic E-state index is 11.6. The van der Waals surface area contributed by atoms with Crippen LogP contribution in [0.4, 0.5) is 23.1 Å². The summed E-state index contributed by atoms with van der Waals surface area (Å²) in [5.74, 6) is 1.43. The van der Waals surface area contributed by atoms with Gasteiger partial charge in [-0.15, -0.1) is 0 Å². The van der Waals surface area contributed by atoms with Crippen molar-refractivity contribution in [2.45, 2.75) is 45.4 Å². The molecule has 2 atom stereocenters. The average molecular weight is 458 g/mol. The maximum atomic E-state index is 11.6. The first-order valence-electron chi connectivity index (χ1n) is 10.8. The van der Waals surface area contributed by atoms with Crippen molar-refractivity contribution in [3.63, 3.8) is 0 Å². The second-order valence-corrected chi connectivity index (χ2v) is 8.62. The molecule has 0 radical (unpaired) electrons. The van der Waals surface area contributed by atoms with Crippen LogP contribution in [0, 0.1) is 0 Å². The van der Waals surface area contributed by atoms with Crippen molar-refractivity contribution in [2.24, 2.45) is 0 Å². The number of halogens is 1. The fourth-order valence-electron chi connectivity index (χ4n) is 3.83. The fourth-order valence-corrected chi connectivity index (χ4v) is 3.97. The van der Waals surface area contributed by atoms with Crippen molar-refractivity contribution in [1.29, 1.82) is 0 Å². The van der Waals surface area contributed by atoms with Crippen LogP contribution in [-0.2, 0) is 9.53 Å². The Hall–Kier alpha value is -2.84. The van der Waals surface area contributed by atoms with Gasteiger partial charge in [0.1, 0.15) is 10.8 Å². The third kappa shape index (κ3) is 4.66. The molecule has 32 heavy (non-hydrogen) atoms. The molecular formula is C23H28ClN5O3. The lowest BCUT2D eigenvalue weighted by Gasteiger charge is -2.33. The molecule has 2 unspecified atom stereocenters. The average Bonchev–Trinajstić information content (AvgIpc) is 2.79. The highest BCUT2D eigenvalue weighted by Crippen LogP contribution is 2.35. The highest BCUT2D eigenvalue weighted by Gasteiger charge is 2.27. The standard InChI is InChI=1S/C23H28ClN5O3/c1-14(30)15(2)32-20-12-16-11-17(7-8-19(16)28(3)22(20)31)26-21-18(24)13-25-23(27-21)29-9-5-4-6-10-29/h7-8,11-13,15,22,31H,4-6,9-10H2,1-3H3,(H,25,26,27). The Balaban J connectivity index is 1.60. The summed E-state index contributed by atoms with van der Waals surface area (Å²) >= 11 is 6.37. The number of benzene rings is 1. The smallest absolute Gasteiger partial charge is 0.227 e. The number of hydrogen-bond acceptors (Lipinski definition) is 8. The molecule has 9 heteroatoms. The van der Waals surface area contributed by atoms with E-state index >= 15 is 0 Å². The number of carbonyl (C=O) groups is 1. The quantitative estimate of drug-likeness (QED) is 0.673. The van der Waals surface area contributed by atoms with E-state index in [1.165, 1.54) is 13.3 Å². The van der Waals surface area contributed by atoms with Gasteiger partial charge < -0.3 is 25.0 Å². The lowest BCUT2D eigenvalue weighted by atomic mass is 10.1. The Morgan fingerprint density at radius 2 is 2.06 bits per heavy atom. The van der Waals surface area contributed by atoms with Crippen molar-refractivity contribution in [3.8, 4) is 0 Å². The lowest BCUT2D eigenvalue weighted by molar-refractivity contribution is -0.125. The second kappa shape index (κ2) is 9.34. The number of ketones is 1. The zero-order valence-corrected chi connectivity index (χ0v) is 19.3. The molecule has 0 aliphatic carbocycles. The molecule has 170 valence electrons. The highest BCUT2D eigenvalue weighted by atomic mass is 35.5. The topological polar surface area (TPSA) is 90.8 Å². The Morgan fingerprint density at radius 1 is 1.31 bits per heavy atom. The molecule has 2 aliphatic rings. The van der Waals surface area contributed by atoms with Crippen molar-refractivity contribution >= 4 is 46.6 Å². The second-order valence-electron chi connectivity index (χ2n) is 8.21. The molecule has 2 aliphatic heterocycles. The number of likely N-dealkylation sites (N-methyl/N-ethyl adjacent to an activating group) is 1. The molecule has 4 rings (SSSR count). The molecule has 0 saturated carbocycles. The Kier molecular flexibility index (Phi) is 6.53. The number of ether oxygens (including phenoxy) is 1. The molecule has 2 N–H and O–H groups in total. The third-order valence-corrected chi connectivity index (χ3v) is 6.12. The number of carbonyl (C=O) groups excluding carboxylic acids is 1. The molecule has 1 fully saturated rings. The van der Waals surface area contributed by atoms with Crippen LogP contribution in [0.15, 0.2) is 30.2 Å². The zero-order valence-electron chi connectivity index (χ0n) is 18.5. The van der Waals surface area contributed by atoms with Gasteiger partial charge >= 0.3 is 0 Å². The van der Waals surface area contributed by atoms with Crippen molar-refractivity contribution < 1.29 is 14.6 Å². The Bertz CT molecular complexity index is 1040. The highest BCUT2D eigenvalue weighted by molar-refractivity contribution is 6.32. The van der Waals surface area contributed by atoms with E-state index in [1.807, 2.05) is 18.2 Å². The minimum atomic E-state index is -0.966. The summed E-state index contributed by atoms with van der Waals surface area (Å²) in [6.45, 7) is 5.02. The minimum absolute atomic E-state index is 0.107. The largest absolute Gasteiger partial charge is 0.482 e. The number of piperidine rings is 1. The number of nitrogens with zero attached hydrogens (tertiary/aromatic N) is 4. The summed E-state index contributed by atoms with van der Waals surface area (Å²) in [5, 5.41) is 14.3. The van der Waals surface area contributed by atoms with Gasteiger partial charge in [-0.2, -0.15) is 4.98 Å². The molecule has 3 heterocycles. The first-order valence-corrected chi connectivity index (χ1v) is 11.2. The number of hydrogen-bond donors (Lipinski definition) is 2. The summed E-state index contributed by atoms with van der Waals surface area (Å²) in [4.78, 5) is 24.5. The van der Waals surface area contributed by atoms with Crippen LogP contribution in [0.5, 0.6) is 0 Å². The van der Waals surface area contributed by atoms with Crippen molar-refractivity contribution in [1.82, 2.24) is 9.97 Å². The Morgan fingerprint density at radius 3 is 2.78 bits per heavy atom. The number of fused-ring (bicyclic) bond motifs is 1.